The third-order valence-electron chi connectivity index (χ3n) is 9.84. The molecule has 6 heteroatoms. The summed E-state index contributed by atoms with van der Waals surface area (Å²) in [5.74, 6) is 1.44. The Morgan fingerprint density at radius 3 is 2.44 bits per heavy atom. The summed E-state index contributed by atoms with van der Waals surface area (Å²) in [6.45, 7) is 2.31. The molecule has 3 aliphatic carbocycles. The number of nitro benzene ring substituents is 1. The van der Waals surface area contributed by atoms with E-state index in [1.165, 1.54) is 5.56 Å². The Morgan fingerprint density at radius 1 is 1.00 bits per heavy atom. The quantitative estimate of drug-likeness (QED) is 0.217. The van der Waals surface area contributed by atoms with Crippen LogP contribution in [0.15, 0.2) is 67.0 Å². The highest BCUT2D eigenvalue weighted by molar-refractivity contribution is 5.62. The number of nitro groups is 1. The number of pyridine rings is 1. The first-order chi connectivity index (χ1) is 17.3. The average molecular weight is 486 g/mol. The van der Waals surface area contributed by atoms with Crippen molar-refractivity contribution >= 4 is 5.69 Å². The van der Waals surface area contributed by atoms with Crippen LogP contribution in [0.5, 0.6) is 0 Å². The summed E-state index contributed by atoms with van der Waals surface area (Å²) in [5, 5.41) is 32.8. The molecule has 3 aliphatic rings. The minimum atomic E-state index is -0.727. The fourth-order valence-electron chi connectivity index (χ4n) is 7.85. The van der Waals surface area contributed by atoms with Crippen molar-refractivity contribution in [2.75, 3.05) is 0 Å². The summed E-state index contributed by atoms with van der Waals surface area (Å²) < 4.78 is 1.04. The number of aromatic nitrogens is 1. The van der Waals surface area contributed by atoms with Gasteiger partial charge in [-0.1, -0.05) is 37.3 Å². The van der Waals surface area contributed by atoms with Crippen LogP contribution in [0.4, 0.5) is 5.69 Å². The zero-order valence-corrected chi connectivity index (χ0v) is 20.6. The molecule has 0 amide bonds. The zero-order valence-electron chi connectivity index (χ0n) is 20.6. The van der Waals surface area contributed by atoms with Gasteiger partial charge < -0.3 is 5.11 Å². The predicted molar refractivity (Wildman–Crippen MR) is 136 cm³/mol. The number of aliphatic hydroxyl groups is 1. The molecule has 2 fully saturated rings. The van der Waals surface area contributed by atoms with E-state index in [0.717, 1.165) is 65.5 Å². The molecule has 1 aromatic heterocycles. The Balaban J connectivity index is 1.22. The fraction of sp³-hybridized carbons (Fsp3) is 0.433. The number of nitrogens with zero attached hydrogens (tertiary/aromatic N) is 2. The van der Waals surface area contributed by atoms with E-state index >= 15 is 0 Å². The van der Waals surface area contributed by atoms with E-state index in [2.05, 4.69) is 31.2 Å². The molecule has 1 heterocycles. The molecule has 0 radical (unpaired) electrons. The first kappa shape index (κ1) is 23.2. The van der Waals surface area contributed by atoms with Crippen molar-refractivity contribution in [1.82, 2.24) is 0 Å². The topological polar surface area (TPSA) is 87.5 Å². The number of benzene rings is 2. The number of hydrogen-bond acceptors (Lipinski definition) is 4. The molecule has 186 valence electrons. The van der Waals surface area contributed by atoms with Crippen LogP contribution in [-0.4, -0.2) is 20.8 Å². The molecule has 2 aromatic carbocycles. The third-order valence-corrected chi connectivity index (χ3v) is 9.84. The second kappa shape index (κ2) is 8.41. The number of non-ortho nitro benzene ring substituents is 1. The summed E-state index contributed by atoms with van der Waals surface area (Å²) in [6, 6.07) is 17.7. The molecule has 0 spiro atoms. The van der Waals surface area contributed by atoms with Gasteiger partial charge in [0.2, 0.25) is 12.4 Å². The molecule has 0 bridgehead atoms. The van der Waals surface area contributed by atoms with Crippen LogP contribution in [0.1, 0.15) is 61.6 Å². The average Bonchev–Trinajstić information content (AvgIpc) is 3.14. The summed E-state index contributed by atoms with van der Waals surface area (Å²) >= 11 is 0. The van der Waals surface area contributed by atoms with Crippen molar-refractivity contribution in [3.63, 3.8) is 0 Å². The number of aryl methyl sites for hydroxylation is 1. The maximum absolute atomic E-state index is 12.1. The van der Waals surface area contributed by atoms with Crippen molar-refractivity contribution < 1.29 is 20.0 Å². The van der Waals surface area contributed by atoms with Gasteiger partial charge in [-0.25, -0.2) is 0 Å². The van der Waals surface area contributed by atoms with Gasteiger partial charge in [0.05, 0.1) is 10.5 Å². The van der Waals surface area contributed by atoms with Crippen molar-refractivity contribution in [1.29, 1.82) is 0 Å². The lowest BCUT2D eigenvalue weighted by atomic mass is 9.53. The van der Waals surface area contributed by atoms with Crippen molar-refractivity contribution in [3.05, 3.63) is 93.8 Å². The molecule has 5 atom stereocenters. The van der Waals surface area contributed by atoms with Crippen molar-refractivity contribution in [2.24, 2.45) is 17.3 Å². The normalized spacial score (nSPS) is 30.8. The minimum absolute atomic E-state index is 0.126. The van der Waals surface area contributed by atoms with Gasteiger partial charge in [0.1, 0.15) is 0 Å². The van der Waals surface area contributed by atoms with E-state index in [1.54, 1.807) is 24.5 Å². The van der Waals surface area contributed by atoms with Gasteiger partial charge in [-0.3, -0.25) is 15.3 Å². The summed E-state index contributed by atoms with van der Waals surface area (Å²) in [4.78, 5) is 11.0. The smallest absolute Gasteiger partial charge is 0.269 e. The lowest BCUT2D eigenvalue weighted by Gasteiger charge is -2.53. The monoisotopic (exact) mass is 485 g/mol. The van der Waals surface area contributed by atoms with Crippen LogP contribution in [0.3, 0.4) is 0 Å². The highest BCUT2D eigenvalue weighted by Gasteiger charge is 2.61. The molecule has 2 N–H and O–H groups in total. The van der Waals surface area contributed by atoms with Crippen molar-refractivity contribution in [2.45, 2.75) is 63.4 Å². The minimum Gasteiger partial charge on any atom is -0.389 e. The molecule has 0 aliphatic heterocycles. The summed E-state index contributed by atoms with van der Waals surface area (Å²) in [7, 11) is 0. The standard InChI is InChI=1S/C30H33N2O4/c1-29-14-10-26-25-9-7-24(32(35)36)18-23(25)6-8-27(26)28(29)11-15-30(29,33)19-20-2-4-21(5-3-20)22-12-16-31(34)17-13-22/h2-5,7,9,12-13,16-18,26-28,33-34H,6,8,10-11,14-15,19H2,1H3/q+1/t26?,27?,28?,29-,30+/m0/s1. The van der Waals surface area contributed by atoms with E-state index < -0.39 is 5.60 Å². The maximum Gasteiger partial charge on any atom is 0.269 e. The Hall–Kier alpha value is -3.25. The Labute approximate surface area is 211 Å². The van der Waals surface area contributed by atoms with E-state index in [-0.39, 0.29) is 16.0 Å². The van der Waals surface area contributed by atoms with Crippen molar-refractivity contribution in [3.8, 4) is 11.1 Å². The Kier molecular flexibility index (Phi) is 5.41. The molecule has 36 heavy (non-hydrogen) atoms. The Bertz CT molecular complexity index is 1310. The Morgan fingerprint density at radius 2 is 1.72 bits per heavy atom. The fourth-order valence-corrected chi connectivity index (χ4v) is 7.85. The van der Waals surface area contributed by atoms with Crippen LogP contribution in [0.2, 0.25) is 0 Å². The molecule has 0 saturated heterocycles. The van der Waals surface area contributed by atoms with E-state index in [9.17, 15) is 20.4 Å². The lowest BCUT2D eigenvalue weighted by molar-refractivity contribution is -0.904. The SMILES string of the molecule is C[C@]12CCC3c4ccc([N+](=O)[O-])cc4CCC3C1CC[C@@]2(O)Cc1ccc(-c2cc[n+](O)cc2)cc1. The van der Waals surface area contributed by atoms with Crippen LogP contribution < -0.4 is 4.73 Å². The van der Waals surface area contributed by atoms with Crippen LogP contribution in [0.25, 0.3) is 11.1 Å². The molecule has 3 unspecified atom stereocenters. The second-order valence-corrected chi connectivity index (χ2v) is 11.4. The van der Waals surface area contributed by atoms with Crippen LogP contribution in [-0.2, 0) is 12.8 Å². The van der Waals surface area contributed by atoms with E-state index in [4.69, 9.17) is 0 Å². The number of hydrogen-bond donors (Lipinski definition) is 2. The predicted octanol–water partition coefficient (Wildman–Crippen LogP) is 5.62. The highest BCUT2D eigenvalue weighted by atomic mass is 16.6. The second-order valence-electron chi connectivity index (χ2n) is 11.4. The van der Waals surface area contributed by atoms with Gasteiger partial charge in [0.15, 0.2) is 0 Å². The van der Waals surface area contributed by atoms with E-state index in [0.29, 0.717) is 24.2 Å². The van der Waals surface area contributed by atoms with Crippen LogP contribution in [0, 0.1) is 27.4 Å². The largest absolute Gasteiger partial charge is 0.389 e. The van der Waals surface area contributed by atoms with E-state index in [1.807, 2.05) is 18.2 Å². The molecule has 3 aromatic rings. The van der Waals surface area contributed by atoms with Gasteiger partial charge in [-0.15, -0.1) is 0 Å². The van der Waals surface area contributed by atoms with Gasteiger partial charge in [-0.2, -0.15) is 0 Å². The number of rotatable bonds is 4. The molecular formula is C30H33N2O4+. The highest BCUT2D eigenvalue weighted by Crippen LogP contribution is 2.64. The van der Waals surface area contributed by atoms with Gasteiger partial charge in [0, 0.05) is 35.4 Å². The molecule has 6 rings (SSSR count). The molecular weight excluding hydrogens is 452 g/mol. The molecule has 6 nitrogen and oxygen atoms in total. The van der Waals surface area contributed by atoms with Gasteiger partial charge >= 0.3 is 0 Å². The maximum atomic E-state index is 12.1. The first-order valence-corrected chi connectivity index (χ1v) is 13.1. The van der Waals surface area contributed by atoms with Gasteiger partial charge in [-0.05, 0) is 89.5 Å². The summed E-state index contributed by atoms with van der Waals surface area (Å²) in [5.41, 5.74) is 5.07. The first-order valence-electron chi connectivity index (χ1n) is 13.1. The number of fused-ring (bicyclic) bond motifs is 5. The molecule has 2 saturated carbocycles. The zero-order chi connectivity index (χ0) is 25.1. The third kappa shape index (κ3) is 3.62. The summed E-state index contributed by atoms with van der Waals surface area (Å²) in [6.07, 6.45) is 9.71. The van der Waals surface area contributed by atoms with Gasteiger partial charge in [0.25, 0.3) is 5.69 Å². The van der Waals surface area contributed by atoms with Crippen LogP contribution >= 0.6 is 0 Å². The lowest BCUT2D eigenvalue weighted by Crippen LogP contribution is -2.51.